The molecule has 0 aliphatic heterocycles. The SMILES string of the molecule is COc1ccccc1-c1nnc(SCC(=O)N(C)Cc2cccc(Cl)c2)n1C. The van der Waals surface area contributed by atoms with Gasteiger partial charge in [-0.1, -0.05) is 47.6 Å². The van der Waals surface area contributed by atoms with Crippen LogP contribution in [0.3, 0.4) is 0 Å². The minimum Gasteiger partial charge on any atom is -0.496 e. The molecule has 0 aliphatic carbocycles. The van der Waals surface area contributed by atoms with Gasteiger partial charge in [-0.05, 0) is 29.8 Å². The summed E-state index contributed by atoms with van der Waals surface area (Å²) >= 11 is 7.36. The number of para-hydroxylation sites is 1. The molecular formula is C20H21ClN4O2S. The van der Waals surface area contributed by atoms with Crippen molar-refractivity contribution in [3.63, 3.8) is 0 Å². The highest BCUT2D eigenvalue weighted by atomic mass is 35.5. The van der Waals surface area contributed by atoms with Crippen molar-refractivity contribution in [3.8, 4) is 17.1 Å². The van der Waals surface area contributed by atoms with Crippen molar-refractivity contribution in [2.75, 3.05) is 19.9 Å². The number of thioether (sulfide) groups is 1. The molecular weight excluding hydrogens is 396 g/mol. The molecule has 0 spiro atoms. The maximum absolute atomic E-state index is 12.5. The van der Waals surface area contributed by atoms with Gasteiger partial charge in [0.05, 0.1) is 18.4 Å². The first-order valence-electron chi connectivity index (χ1n) is 8.63. The van der Waals surface area contributed by atoms with Crippen LogP contribution in [0.25, 0.3) is 11.4 Å². The Balaban J connectivity index is 1.65. The molecule has 0 aliphatic rings. The number of hydrogen-bond donors (Lipinski definition) is 0. The summed E-state index contributed by atoms with van der Waals surface area (Å²) in [5, 5.41) is 9.83. The quantitative estimate of drug-likeness (QED) is 0.547. The highest BCUT2D eigenvalue weighted by molar-refractivity contribution is 7.99. The van der Waals surface area contributed by atoms with Gasteiger partial charge in [-0.3, -0.25) is 4.79 Å². The van der Waals surface area contributed by atoms with Crippen LogP contribution in [-0.2, 0) is 18.4 Å². The van der Waals surface area contributed by atoms with Crippen LogP contribution in [-0.4, -0.2) is 45.5 Å². The van der Waals surface area contributed by atoms with Gasteiger partial charge < -0.3 is 14.2 Å². The summed E-state index contributed by atoms with van der Waals surface area (Å²) < 4.78 is 7.27. The summed E-state index contributed by atoms with van der Waals surface area (Å²) in [5.41, 5.74) is 1.85. The second kappa shape index (κ2) is 9.12. The Kier molecular flexibility index (Phi) is 6.59. The Labute approximate surface area is 173 Å². The summed E-state index contributed by atoms with van der Waals surface area (Å²) in [6.45, 7) is 0.505. The number of benzene rings is 2. The molecule has 3 aromatic rings. The van der Waals surface area contributed by atoms with Crippen LogP contribution >= 0.6 is 23.4 Å². The van der Waals surface area contributed by atoms with E-state index >= 15 is 0 Å². The molecule has 28 heavy (non-hydrogen) atoms. The number of amides is 1. The van der Waals surface area contributed by atoms with Crippen molar-refractivity contribution >= 4 is 29.3 Å². The smallest absolute Gasteiger partial charge is 0.233 e. The van der Waals surface area contributed by atoms with E-state index < -0.39 is 0 Å². The minimum atomic E-state index is 0.00631. The average Bonchev–Trinajstić information content (AvgIpc) is 3.06. The van der Waals surface area contributed by atoms with Crippen LogP contribution in [0, 0.1) is 0 Å². The molecule has 146 valence electrons. The van der Waals surface area contributed by atoms with Crippen molar-refractivity contribution in [1.29, 1.82) is 0 Å². The topological polar surface area (TPSA) is 60.3 Å². The summed E-state index contributed by atoms with van der Waals surface area (Å²) in [4.78, 5) is 14.2. The molecule has 0 fully saturated rings. The number of rotatable bonds is 7. The van der Waals surface area contributed by atoms with Crippen molar-refractivity contribution in [3.05, 3.63) is 59.1 Å². The normalized spacial score (nSPS) is 10.7. The van der Waals surface area contributed by atoms with E-state index in [4.69, 9.17) is 16.3 Å². The zero-order valence-electron chi connectivity index (χ0n) is 15.9. The molecule has 0 bridgehead atoms. The Morgan fingerprint density at radius 2 is 2.00 bits per heavy atom. The molecule has 2 aromatic carbocycles. The van der Waals surface area contributed by atoms with Crippen LogP contribution < -0.4 is 4.74 Å². The van der Waals surface area contributed by atoms with E-state index in [-0.39, 0.29) is 11.7 Å². The highest BCUT2D eigenvalue weighted by Crippen LogP contribution is 2.30. The second-order valence-electron chi connectivity index (χ2n) is 6.23. The maximum atomic E-state index is 12.5. The lowest BCUT2D eigenvalue weighted by molar-refractivity contribution is -0.127. The first-order chi connectivity index (χ1) is 13.5. The molecule has 0 unspecified atom stereocenters. The zero-order chi connectivity index (χ0) is 20.1. The van der Waals surface area contributed by atoms with Gasteiger partial charge in [-0.25, -0.2) is 0 Å². The van der Waals surface area contributed by atoms with Gasteiger partial charge in [0, 0.05) is 25.7 Å². The molecule has 6 nitrogen and oxygen atoms in total. The Morgan fingerprint density at radius 3 is 2.75 bits per heavy atom. The maximum Gasteiger partial charge on any atom is 0.233 e. The number of ether oxygens (including phenoxy) is 1. The zero-order valence-corrected chi connectivity index (χ0v) is 17.5. The molecule has 0 saturated carbocycles. The van der Waals surface area contributed by atoms with Crippen molar-refractivity contribution in [2.24, 2.45) is 7.05 Å². The summed E-state index contributed by atoms with van der Waals surface area (Å²) in [6, 6.07) is 15.1. The number of carbonyl (C=O) groups excluding carboxylic acids is 1. The van der Waals surface area contributed by atoms with Crippen LogP contribution in [0.15, 0.2) is 53.7 Å². The van der Waals surface area contributed by atoms with E-state index in [1.807, 2.05) is 60.1 Å². The van der Waals surface area contributed by atoms with E-state index in [1.165, 1.54) is 11.8 Å². The van der Waals surface area contributed by atoms with E-state index in [0.29, 0.717) is 22.5 Å². The third kappa shape index (κ3) is 4.66. The van der Waals surface area contributed by atoms with Gasteiger partial charge in [-0.2, -0.15) is 0 Å². The first-order valence-corrected chi connectivity index (χ1v) is 10.00. The summed E-state index contributed by atoms with van der Waals surface area (Å²) in [5.74, 6) is 1.70. The van der Waals surface area contributed by atoms with Gasteiger partial charge in [0.15, 0.2) is 11.0 Å². The van der Waals surface area contributed by atoms with Crippen LogP contribution in [0.2, 0.25) is 5.02 Å². The van der Waals surface area contributed by atoms with Crippen LogP contribution in [0.1, 0.15) is 5.56 Å². The fourth-order valence-corrected chi connectivity index (χ4v) is 3.80. The van der Waals surface area contributed by atoms with E-state index in [9.17, 15) is 4.79 Å². The fourth-order valence-electron chi connectivity index (χ4n) is 2.74. The third-order valence-corrected chi connectivity index (χ3v) is 5.48. The Morgan fingerprint density at radius 1 is 1.21 bits per heavy atom. The van der Waals surface area contributed by atoms with Gasteiger partial charge in [0.25, 0.3) is 0 Å². The summed E-state index contributed by atoms with van der Waals surface area (Å²) in [7, 11) is 5.28. The lowest BCUT2D eigenvalue weighted by atomic mass is 10.2. The minimum absolute atomic E-state index is 0.00631. The average molecular weight is 417 g/mol. The molecule has 3 rings (SSSR count). The molecule has 1 aromatic heterocycles. The number of hydrogen-bond acceptors (Lipinski definition) is 5. The second-order valence-corrected chi connectivity index (χ2v) is 7.61. The van der Waals surface area contributed by atoms with Gasteiger partial charge in [0.1, 0.15) is 5.75 Å². The highest BCUT2D eigenvalue weighted by Gasteiger charge is 2.17. The monoisotopic (exact) mass is 416 g/mol. The molecule has 8 heteroatoms. The number of carbonyl (C=O) groups is 1. The number of aromatic nitrogens is 3. The van der Waals surface area contributed by atoms with Crippen LogP contribution in [0.4, 0.5) is 0 Å². The van der Waals surface area contributed by atoms with Crippen molar-refractivity contribution in [1.82, 2.24) is 19.7 Å². The predicted molar refractivity (Wildman–Crippen MR) is 112 cm³/mol. The van der Waals surface area contributed by atoms with Gasteiger partial charge in [0.2, 0.25) is 5.91 Å². The van der Waals surface area contributed by atoms with E-state index in [1.54, 1.807) is 19.1 Å². The molecule has 0 saturated heterocycles. The molecule has 0 N–H and O–H groups in total. The number of nitrogens with zero attached hydrogens (tertiary/aromatic N) is 4. The van der Waals surface area contributed by atoms with Crippen LogP contribution in [0.5, 0.6) is 5.75 Å². The number of methoxy groups -OCH3 is 1. The Hall–Kier alpha value is -2.51. The lowest BCUT2D eigenvalue weighted by Crippen LogP contribution is -2.27. The molecule has 1 heterocycles. The van der Waals surface area contributed by atoms with E-state index in [0.717, 1.165) is 16.9 Å². The summed E-state index contributed by atoms with van der Waals surface area (Å²) in [6.07, 6.45) is 0. The number of halogens is 1. The first kappa shape index (κ1) is 20.2. The van der Waals surface area contributed by atoms with Crippen molar-refractivity contribution in [2.45, 2.75) is 11.7 Å². The standard InChI is InChI=1S/C20H21ClN4O2S/c1-24(12-14-7-6-8-15(21)11-14)18(26)13-28-20-23-22-19(25(20)2)16-9-4-5-10-17(16)27-3/h4-11H,12-13H2,1-3H3. The molecule has 0 radical (unpaired) electrons. The van der Waals surface area contributed by atoms with Crippen molar-refractivity contribution < 1.29 is 9.53 Å². The third-order valence-electron chi connectivity index (χ3n) is 4.24. The fraction of sp³-hybridized carbons (Fsp3) is 0.250. The Bertz CT molecular complexity index is 976. The predicted octanol–water partition coefficient (Wildman–Crippen LogP) is 3.89. The van der Waals surface area contributed by atoms with Gasteiger partial charge >= 0.3 is 0 Å². The lowest BCUT2D eigenvalue weighted by Gasteiger charge is -2.17. The molecule has 1 amide bonds. The van der Waals surface area contributed by atoms with Gasteiger partial charge in [-0.15, -0.1) is 10.2 Å². The largest absolute Gasteiger partial charge is 0.496 e. The van der Waals surface area contributed by atoms with E-state index in [2.05, 4.69) is 10.2 Å². The molecule has 0 atom stereocenters.